The van der Waals surface area contributed by atoms with Gasteiger partial charge in [0.2, 0.25) is 11.9 Å². The van der Waals surface area contributed by atoms with E-state index in [1.165, 1.54) is 11.8 Å². The molecule has 0 saturated carbocycles. The first-order valence-corrected chi connectivity index (χ1v) is 9.18. The highest BCUT2D eigenvalue weighted by molar-refractivity contribution is 7.98. The van der Waals surface area contributed by atoms with Crippen molar-refractivity contribution in [2.24, 2.45) is 0 Å². The molecule has 0 aliphatic heterocycles. The maximum atomic E-state index is 6.06. The minimum atomic E-state index is 0.0976. The topological polar surface area (TPSA) is 117 Å². The number of nitrogen functional groups attached to an aromatic ring is 2. The number of anilines is 2. The Balaban J connectivity index is 1.67. The van der Waals surface area contributed by atoms with Crippen molar-refractivity contribution in [3.63, 3.8) is 0 Å². The first kappa shape index (κ1) is 17.0. The van der Waals surface area contributed by atoms with Crippen LogP contribution in [0.25, 0.3) is 22.6 Å². The number of rotatable bonds is 5. The Bertz CT molecular complexity index is 975. The van der Waals surface area contributed by atoms with E-state index >= 15 is 0 Å². The molecule has 0 aliphatic carbocycles. The molecular formula is C19H16N6OS. The van der Waals surface area contributed by atoms with Crippen LogP contribution in [0.15, 0.2) is 70.3 Å². The van der Waals surface area contributed by atoms with E-state index < -0.39 is 0 Å². The molecule has 4 rings (SSSR count). The van der Waals surface area contributed by atoms with Gasteiger partial charge in [-0.2, -0.15) is 15.0 Å². The van der Waals surface area contributed by atoms with Crippen LogP contribution < -0.4 is 11.5 Å². The van der Waals surface area contributed by atoms with Gasteiger partial charge >= 0.3 is 0 Å². The standard InChI is InChI=1S/C19H16N6OS/c20-17-22-14(23-18(21)25-17)11-27-19-24-15(12-7-3-1-4-8-12)16(26-19)13-9-5-2-6-10-13/h1-10H,11H2,(H4,20,21,22,23,25). The molecule has 0 bridgehead atoms. The Morgan fingerprint density at radius 1 is 0.741 bits per heavy atom. The van der Waals surface area contributed by atoms with Gasteiger partial charge in [-0.15, -0.1) is 0 Å². The summed E-state index contributed by atoms with van der Waals surface area (Å²) >= 11 is 1.37. The highest BCUT2D eigenvalue weighted by Crippen LogP contribution is 2.36. The molecule has 0 fully saturated rings. The van der Waals surface area contributed by atoms with E-state index in [0.717, 1.165) is 22.6 Å². The lowest BCUT2D eigenvalue weighted by atomic mass is 10.1. The maximum absolute atomic E-state index is 6.06. The van der Waals surface area contributed by atoms with Gasteiger partial charge in [-0.1, -0.05) is 72.4 Å². The van der Waals surface area contributed by atoms with E-state index in [1.807, 2.05) is 60.7 Å². The molecule has 134 valence electrons. The van der Waals surface area contributed by atoms with Crippen molar-refractivity contribution in [3.05, 3.63) is 66.5 Å². The number of hydrogen-bond donors (Lipinski definition) is 2. The fraction of sp³-hybridized carbons (Fsp3) is 0.0526. The van der Waals surface area contributed by atoms with Gasteiger partial charge in [0, 0.05) is 11.1 Å². The minimum Gasteiger partial charge on any atom is -0.431 e. The van der Waals surface area contributed by atoms with E-state index in [9.17, 15) is 0 Å². The lowest BCUT2D eigenvalue weighted by molar-refractivity contribution is 0.466. The number of hydrogen-bond acceptors (Lipinski definition) is 8. The quantitative estimate of drug-likeness (QED) is 0.507. The molecule has 0 unspecified atom stereocenters. The fourth-order valence-corrected chi connectivity index (χ4v) is 3.27. The summed E-state index contributed by atoms with van der Waals surface area (Å²) < 4.78 is 6.06. The smallest absolute Gasteiger partial charge is 0.257 e. The largest absolute Gasteiger partial charge is 0.431 e. The van der Waals surface area contributed by atoms with Crippen molar-refractivity contribution in [2.75, 3.05) is 11.5 Å². The molecule has 2 heterocycles. The van der Waals surface area contributed by atoms with Gasteiger partial charge in [0.1, 0.15) is 11.5 Å². The molecule has 0 amide bonds. The van der Waals surface area contributed by atoms with Crippen LogP contribution in [0.3, 0.4) is 0 Å². The molecule has 2 aromatic carbocycles. The summed E-state index contributed by atoms with van der Waals surface area (Å²) in [5, 5.41) is 0.519. The second-order valence-corrected chi connectivity index (χ2v) is 6.57. The van der Waals surface area contributed by atoms with E-state index in [-0.39, 0.29) is 11.9 Å². The number of nitrogens with two attached hydrogens (primary N) is 2. The molecule has 2 aromatic heterocycles. The van der Waals surface area contributed by atoms with E-state index in [1.54, 1.807) is 0 Å². The SMILES string of the molecule is Nc1nc(N)nc(CSc2nc(-c3ccccc3)c(-c3ccccc3)o2)n1. The van der Waals surface area contributed by atoms with Gasteiger partial charge in [0.05, 0.1) is 5.75 Å². The first-order valence-electron chi connectivity index (χ1n) is 8.19. The van der Waals surface area contributed by atoms with Gasteiger partial charge in [-0.25, -0.2) is 4.98 Å². The molecule has 0 aliphatic rings. The van der Waals surface area contributed by atoms with Crippen molar-refractivity contribution in [3.8, 4) is 22.6 Å². The summed E-state index contributed by atoms with van der Waals surface area (Å²) in [6.07, 6.45) is 0. The Morgan fingerprint density at radius 2 is 1.33 bits per heavy atom. The van der Waals surface area contributed by atoms with Gasteiger partial charge in [-0.05, 0) is 0 Å². The average Bonchev–Trinajstić information content (AvgIpc) is 3.11. The number of thioether (sulfide) groups is 1. The first-order chi connectivity index (χ1) is 13.2. The van der Waals surface area contributed by atoms with Crippen LogP contribution in [0.2, 0.25) is 0 Å². The van der Waals surface area contributed by atoms with Crippen LogP contribution in [0.5, 0.6) is 0 Å². The molecule has 8 heteroatoms. The summed E-state index contributed by atoms with van der Waals surface area (Å²) in [7, 11) is 0. The monoisotopic (exact) mass is 376 g/mol. The van der Waals surface area contributed by atoms with Crippen LogP contribution in [0, 0.1) is 0 Å². The molecule has 7 nitrogen and oxygen atoms in total. The normalized spacial score (nSPS) is 10.8. The van der Waals surface area contributed by atoms with Gasteiger partial charge in [-0.3, -0.25) is 0 Å². The molecule has 0 saturated heterocycles. The molecule has 4 N–H and O–H groups in total. The van der Waals surface area contributed by atoms with E-state index in [2.05, 4.69) is 19.9 Å². The van der Waals surface area contributed by atoms with Crippen LogP contribution in [-0.4, -0.2) is 19.9 Å². The van der Waals surface area contributed by atoms with Crippen molar-refractivity contribution < 1.29 is 4.42 Å². The van der Waals surface area contributed by atoms with Crippen molar-refractivity contribution in [1.82, 2.24) is 19.9 Å². The van der Waals surface area contributed by atoms with Crippen LogP contribution in [-0.2, 0) is 5.75 Å². The number of benzene rings is 2. The molecule has 0 radical (unpaired) electrons. The highest BCUT2D eigenvalue weighted by Gasteiger charge is 2.17. The second kappa shape index (κ2) is 7.46. The predicted octanol–water partition coefficient (Wildman–Crippen LogP) is 3.65. The molecule has 4 aromatic rings. The predicted molar refractivity (Wildman–Crippen MR) is 106 cm³/mol. The summed E-state index contributed by atoms with van der Waals surface area (Å²) in [4.78, 5) is 16.6. The maximum Gasteiger partial charge on any atom is 0.257 e. The zero-order chi connectivity index (χ0) is 18.6. The molecule has 0 atom stereocenters. The third-order valence-electron chi connectivity index (χ3n) is 3.73. The summed E-state index contributed by atoms with van der Waals surface area (Å²) in [6, 6.07) is 19.8. The van der Waals surface area contributed by atoms with Crippen molar-refractivity contribution in [2.45, 2.75) is 11.0 Å². The zero-order valence-electron chi connectivity index (χ0n) is 14.2. The van der Waals surface area contributed by atoms with Gasteiger partial charge < -0.3 is 15.9 Å². The van der Waals surface area contributed by atoms with Crippen LogP contribution >= 0.6 is 11.8 Å². The molecule has 0 spiro atoms. The Kier molecular flexibility index (Phi) is 4.71. The fourth-order valence-electron chi connectivity index (χ4n) is 2.59. The number of aromatic nitrogens is 4. The van der Waals surface area contributed by atoms with Gasteiger partial charge in [0.25, 0.3) is 5.22 Å². The van der Waals surface area contributed by atoms with Crippen molar-refractivity contribution >= 4 is 23.7 Å². The third kappa shape index (κ3) is 3.90. The van der Waals surface area contributed by atoms with E-state index in [0.29, 0.717) is 16.8 Å². The molecule has 27 heavy (non-hydrogen) atoms. The summed E-state index contributed by atoms with van der Waals surface area (Å²) in [5.41, 5.74) is 14.0. The number of oxazole rings is 1. The summed E-state index contributed by atoms with van der Waals surface area (Å²) in [5.74, 6) is 1.81. The lowest BCUT2D eigenvalue weighted by Crippen LogP contribution is -2.05. The van der Waals surface area contributed by atoms with Crippen LogP contribution in [0.4, 0.5) is 11.9 Å². The molecular weight excluding hydrogens is 360 g/mol. The Hall–Kier alpha value is -3.39. The highest BCUT2D eigenvalue weighted by atomic mass is 32.2. The minimum absolute atomic E-state index is 0.0976. The zero-order valence-corrected chi connectivity index (χ0v) is 15.1. The Morgan fingerprint density at radius 3 is 1.96 bits per heavy atom. The average molecular weight is 376 g/mol. The van der Waals surface area contributed by atoms with Crippen molar-refractivity contribution in [1.29, 1.82) is 0 Å². The lowest BCUT2D eigenvalue weighted by Gasteiger charge is -2.00. The second-order valence-electron chi connectivity index (χ2n) is 5.65. The third-order valence-corrected chi connectivity index (χ3v) is 4.56. The number of nitrogens with zero attached hydrogens (tertiary/aromatic N) is 4. The summed E-state index contributed by atoms with van der Waals surface area (Å²) in [6.45, 7) is 0. The Labute approximate surface area is 159 Å². The van der Waals surface area contributed by atoms with E-state index in [4.69, 9.17) is 15.9 Å². The van der Waals surface area contributed by atoms with Crippen LogP contribution in [0.1, 0.15) is 5.82 Å². The van der Waals surface area contributed by atoms with Gasteiger partial charge in [0.15, 0.2) is 5.76 Å².